The van der Waals surface area contributed by atoms with E-state index < -0.39 is 23.4 Å². The summed E-state index contributed by atoms with van der Waals surface area (Å²) in [6, 6.07) is 11.8. The smallest absolute Gasteiger partial charge is 0.324 e. The first-order valence-electron chi connectivity index (χ1n) is 8.49. The number of imide groups is 1. The van der Waals surface area contributed by atoms with Crippen LogP contribution in [-0.4, -0.2) is 29.3 Å². The van der Waals surface area contributed by atoms with Gasteiger partial charge < -0.3 is 10.6 Å². The molecule has 0 bridgehead atoms. The van der Waals surface area contributed by atoms with Crippen LogP contribution in [0.3, 0.4) is 0 Å². The zero-order valence-electron chi connectivity index (χ0n) is 15.3. The van der Waals surface area contributed by atoms with Gasteiger partial charge in [-0.25, -0.2) is 4.79 Å². The van der Waals surface area contributed by atoms with Crippen molar-refractivity contribution in [2.75, 3.05) is 11.9 Å². The Morgan fingerprint density at radius 2 is 1.74 bits per heavy atom. The number of amides is 4. The van der Waals surface area contributed by atoms with Crippen molar-refractivity contribution >= 4 is 35.1 Å². The lowest BCUT2D eigenvalue weighted by molar-refractivity contribution is -0.133. The second-order valence-electron chi connectivity index (χ2n) is 6.74. The summed E-state index contributed by atoms with van der Waals surface area (Å²) in [6.07, 6.45) is 0. The number of carbonyl (C=O) groups excluding carboxylic acids is 3. The monoisotopic (exact) mass is 385 g/mol. The van der Waals surface area contributed by atoms with E-state index in [1.54, 1.807) is 31.2 Å². The minimum Gasteiger partial charge on any atom is -0.324 e. The molecule has 6 nitrogen and oxygen atoms in total. The maximum Gasteiger partial charge on any atom is 0.325 e. The van der Waals surface area contributed by atoms with Gasteiger partial charge in [0.05, 0.1) is 0 Å². The number of para-hydroxylation sites is 1. The third-order valence-corrected chi connectivity index (χ3v) is 5.06. The minimum absolute atomic E-state index is 0.371. The fourth-order valence-corrected chi connectivity index (χ4v) is 3.55. The number of hydrogen-bond donors (Lipinski definition) is 2. The van der Waals surface area contributed by atoms with Crippen LogP contribution in [0.1, 0.15) is 23.6 Å². The predicted octanol–water partition coefficient (Wildman–Crippen LogP) is 3.36. The van der Waals surface area contributed by atoms with Gasteiger partial charge in [-0.1, -0.05) is 48.0 Å². The maximum absolute atomic E-state index is 12.9. The highest BCUT2D eigenvalue weighted by Crippen LogP contribution is 2.33. The van der Waals surface area contributed by atoms with Gasteiger partial charge in [0.1, 0.15) is 12.1 Å². The van der Waals surface area contributed by atoms with Gasteiger partial charge in [-0.3, -0.25) is 14.5 Å². The second-order valence-corrected chi connectivity index (χ2v) is 7.15. The molecule has 0 saturated carbocycles. The third kappa shape index (κ3) is 3.40. The first-order valence-corrected chi connectivity index (χ1v) is 8.87. The van der Waals surface area contributed by atoms with Crippen molar-refractivity contribution in [3.8, 4) is 0 Å². The highest BCUT2D eigenvalue weighted by molar-refractivity contribution is 6.32. The van der Waals surface area contributed by atoms with Crippen molar-refractivity contribution in [3.05, 3.63) is 64.2 Å². The first kappa shape index (κ1) is 18.9. The summed E-state index contributed by atoms with van der Waals surface area (Å²) in [4.78, 5) is 38.7. The number of halogens is 1. The third-order valence-electron chi connectivity index (χ3n) is 4.73. The van der Waals surface area contributed by atoms with E-state index in [2.05, 4.69) is 10.6 Å². The predicted molar refractivity (Wildman–Crippen MR) is 104 cm³/mol. The molecule has 0 aromatic heterocycles. The Bertz CT molecular complexity index is 924. The molecule has 7 heteroatoms. The SMILES string of the molecule is Cc1cccc(C)c1NC(=O)CN1C(=O)NC(C)(c2ccccc2Cl)C1=O. The summed E-state index contributed by atoms with van der Waals surface area (Å²) in [7, 11) is 0. The number of nitrogens with zero attached hydrogens (tertiary/aromatic N) is 1. The molecule has 1 saturated heterocycles. The van der Waals surface area contributed by atoms with Gasteiger partial charge in [0.15, 0.2) is 0 Å². The maximum atomic E-state index is 12.9. The molecule has 0 spiro atoms. The van der Waals surface area contributed by atoms with Gasteiger partial charge in [-0.05, 0) is 38.0 Å². The molecule has 2 N–H and O–H groups in total. The van der Waals surface area contributed by atoms with Crippen molar-refractivity contribution in [2.45, 2.75) is 26.3 Å². The van der Waals surface area contributed by atoms with Crippen molar-refractivity contribution in [1.82, 2.24) is 10.2 Å². The molecule has 27 heavy (non-hydrogen) atoms. The van der Waals surface area contributed by atoms with E-state index in [-0.39, 0.29) is 6.54 Å². The van der Waals surface area contributed by atoms with Crippen LogP contribution >= 0.6 is 11.6 Å². The van der Waals surface area contributed by atoms with E-state index in [0.717, 1.165) is 16.0 Å². The molecule has 0 aliphatic carbocycles. The average molecular weight is 386 g/mol. The van der Waals surface area contributed by atoms with E-state index in [4.69, 9.17) is 11.6 Å². The molecule has 1 atom stereocenters. The summed E-state index contributed by atoms with van der Waals surface area (Å²) in [5.41, 5.74) is 1.67. The van der Waals surface area contributed by atoms with Crippen molar-refractivity contribution in [2.24, 2.45) is 0 Å². The van der Waals surface area contributed by atoms with E-state index in [0.29, 0.717) is 16.3 Å². The molecule has 2 aromatic carbocycles. The number of benzene rings is 2. The Morgan fingerprint density at radius 3 is 2.37 bits per heavy atom. The van der Waals surface area contributed by atoms with Crippen LogP contribution in [0.25, 0.3) is 0 Å². The number of hydrogen-bond acceptors (Lipinski definition) is 3. The molecule has 3 rings (SSSR count). The van der Waals surface area contributed by atoms with Gasteiger partial charge >= 0.3 is 6.03 Å². The summed E-state index contributed by atoms with van der Waals surface area (Å²) < 4.78 is 0. The number of carbonyl (C=O) groups is 3. The largest absolute Gasteiger partial charge is 0.325 e. The fourth-order valence-electron chi connectivity index (χ4n) is 3.22. The van der Waals surface area contributed by atoms with Crippen LogP contribution in [0.15, 0.2) is 42.5 Å². The number of rotatable bonds is 4. The Labute approximate surface area is 162 Å². The van der Waals surface area contributed by atoms with Crippen LogP contribution in [0, 0.1) is 13.8 Å². The van der Waals surface area contributed by atoms with Crippen LogP contribution < -0.4 is 10.6 Å². The molecule has 1 heterocycles. The van der Waals surface area contributed by atoms with Crippen LogP contribution in [0.2, 0.25) is 5.02 Å². The van der Waals surface area contributed by atoms with Gasteiger partial charge in [0.25, 0.3) is 5.91 Å². The number of urea groups is 1. The number of anilines is 1. The van der Waals surface area contributed by atoms with Gasteiger partial charge in [-0.2, -0.15) is 0 Å². The number of nitrogens with one attached hydrogen (secondary N) is 2. The Morgan fingerprint density at radius 1 is 1.11 bits per heavy atom. The normalized spacial score (nSPS) is 19.2. The molecular weight excluding hydrogens is 366 g/mol. The summed E-state index contributed by atoms with van der Waals surface area (Å²) in [6.45, 7) is 4.96. The highest BCUT2D eigenvalue weighted by Gasteiger charge is 2.50. The van der Waals surface area contributed by atoms with E-state index in [1.807, 2.05) is 32.0 Å². The number of aryl methyl sites for hydroxylation is 2. The Balaban J connectivity index is 1.80. The standard InChI is InChI=1S/C20H20ClN3O3/c1-12-7-6-8-13(2)17(12)22-16(25)11-24-18(26)20(3,23-19(24)27)14-9-4-5-10-15(14)21/h4-10H,11H2,1-3H3,(H,22,25)(H,23,27). The minimum atomic E-state index is -1.31. The van der Waals surface area contributed by atoms with Crippen LogP contribution in [-0.2, 0) is 15.1 Å². The zero-order valence-corrected chi connectivity index (χ0v) is 16.1. The van der Waals surface area contributed by atoms with Crippen LogP contribution in [0.5, 0.6) is 0 Å². The Hall–Kier alpha value is -2.86. The molecule has 2 aromatic rings. The Kier molecular flexibility index (Phi) is 4.93. The van der Waals surface area contributed by atoms with Gasteiger partial charge in [0, 0.05) is 16.3 Å². The molecule has 140 valence electrons. The average Bonchev–Trinajstić information content (AvgIpc) is 2.82. The van der Waals surface area contributed by atoms with Crippen LogP contribution in [0.4, 0.5) is 10.5 Å². The molecule has 1 unspecified atom stereocenters. The lowest BCUT2D eigenvalue weighted by atomic mass is 9.92. The molecular formula is C20H20ClN3O3. The van der Waals surface area contributed by atoms with E-state index in [9.17, 15) is 14.4 Å². The second kappa shape index (κ2) is 7.04. The zero-order chi connectivity index (χ0) is 19.8. The topological polar surface area (TPSA) is 78.5 Å². The van der Waals surface area contributed by atoms with Crippen molar-refractivity contribution in [3.63, 3.8) is 0 Å². The quantitative estimate of drug-likeness (QED) is 0.792. The molecule has 1 aliphatic heterocycles. The highest BCUT2D eigenvalue weighted by atomic mass is 35.5. The van der Waals surface area contributed by atoms with E-state index >= 15 is 0 Å². The molecule has 1 aliphatic rings. The lowest BCUT2D eigenvalue weighted by Gasteiger charge is -2.23. The van der Waals surface area contributed by atoms with Crippen molar-refractivity contribution < 1.29 is 14.4 Å². The summed E-state index contributed by atoms with van der Waals surface area (Å²) in [5, 5.41) is 5.81. The van der Waals surface area contributed by atoms with Gasteiger partial charge in [-0.15, -0.1) is 0 Å². The van der Waals surface area contributed by atoms with Crippen molar-refractivity contribution in [1.29, 1.82) is 0 Å². The summed E-state index contributed by atoms with van der Waals surface area (Å²) >= 11 is 6.20. The summed E-state index contributed by atoms with van der Waals surface area (Å²) in [5.74, 6) is -0.962. The lowest BCUT2D eigenvalue weighted by Crippen LogP contribution is -2.42. The van der Waals surface area contributed by atoms with E-state index in [1.165, 1.54) is 0 Å². The fraction of sp³-hybridized carbons (Fsp3) is 0.250. The van der Waals surface area contributed by atoms with Gasteiger partial charge in [0.2, 0.25) is 5.91 Å². The molecule has 0 radical (unpaired) electrons. The first-order chi connectivity index (χ1) is 12.7. The molecule has 1 fully saturated rings. The molecule has 4 amide bonds.